The van der Waals surface area contributed by atoms with Crippen LogP contribution < -0.4 is 10.2 Å². The largest absolute Gasteiger partial charge is 0.383 e. The van der Waals surface area contributed by atoms with Gasteiger partial charge in [0.1, 0.15) is 11.6 Å². The second-order valence-corrected chi connectivity index (χ2v) is 4.94. The Kier molecular flexibility index (Phi) is 7.28. The molecule has 0 aliphatic carbocycles. The molecule has 0 aliphatic heterocycles. The molecule has 0 amide bonds. The number of anilines is 2. The van der Waals surface area contributed by atoms with Gasteiger partial charge in [0.15, 0.2) is 0 Å². The first-order valence-electron chi connectivity index (χ1n) is 6.47. The van der Waals surface area contributed by atoms with Crippen LogP contribution in [0.25, 0.3) is 0 Å². The third kappa shape index (κ3) is 4.71. The average Bonchev–Trinajstić information content (AvgIpc) is 2.40. The van der Waals surface area contributed by atoms with Crippen molar-refractivity contribution < 1.29 is 4.74 Å². The lowest BCUT2D eigenvalue weighted by atomic mass is 10.3. The van der Waals surface area contributed by atoms with E-state index in [4.69, 9.17) is 27.9 Å². The Labute approximate surface area is 125 Å². The predicted octanol–water partition coefficient (Wildman–Crippen LogP) is 3.68. The summed E-state index contributed by atoms with van der Waals surface area (Å²) in [5.41, 5.74) is 0. The van der Waals surface area contributed by atoms with Crippen LogP contribution >= 0.6 is 23.2 Å². The van der Waals surface area contributed by atoms with Gasteiger partial charge in [0.25, 0.3) is 0 Å². The van der Waals surface area contributed by atoms with Crippen LogP contribution in [-0.4, -0.2) is 38.3 Å². The van der Waals surface area contributed by atoms with E-state index >= 15 is 0 Å². The second-order valence-electron chi connectivity index (χ2n) is 4.12. The molecule has 0 aliphatic rings. The quantitative estimate of drug-likeness (QED) is 0.795. The number of ether oxygens (including phenoxy) is 1. The molecule has 6 heteroatoms. The maximum Gasteiger partial charge on any atom is 0.150 e. The second kappa shape index (κ2) is 8.46. The van der Waals surface area contributed by atoms with Crippen LogP contribution in [0.3, 0.4) is 0 Å². The average molecular weight is 306 g/mol. The molecule has 1 aromatic heterocycles. The number of methoxy groups -OCH3 is 1. The highest BCUT2D eigenvalue weighted by Gasteiger charge is 2.14. The number of pyridine rings is 1. The molecule has 1 rings (SSSR count). The highest BCUT2D eigenvalue weighted by atomic mass is 35.5. The van der Waals surface area contributed by atoms with Crippen molar-refractivity contribution in [1.82, 2.24) is 4.98 Å². The summed E-state index contributed by atoms with van der Waals surface area (Å²) in [6.45, 7) is 7.17. The zero-order chi connectivity index (χ0) is 14.3. The van der Waals surface area contributed by atoms with Crippen LogP contribution in [0.5, 0.6) is 0 Å². The molecule has 0 unspecified atom stereocenters. The molecular weight excluding hydrogens is 285 g/mol. The number of hydrogen-bond acceptors (Lipinski definition) is 4. The van der Waals surface area contributed by atoms with Crippen molar-refractivity contribution in [3.05, 3.63) is 16.1 Å². The highest BCUT2D eigenvalue weighted by molar-refractivity contribution is 6.37. The number of halogens is 2. The minimum atomic E-state index is 0.546. The molecule has 0 aromatic carbocycles. The zero-order valence-electron chi connectivity index (χ0n) is 11.7. The smallest absolute Gasteiger partial charge is 0.150 e. The van der Waals surface area contributed by atoms with Crippen molar-refractivity contribution in [3.63, 3.8) is 0 Å². The first-order valence-corrected chi connectivity index (χ1v) is 7.23. The van der Waals surface area contributed by atoms with Crippen molar-refractivity contribution in [2.24, 2.45) is 0 Å². The Morgan fingerprint density at radius 2 is 2.05 bits per heavy atom. The lowest BCUT2D eigenvalue weighted by Gasteiger charge is -2.23. The fourth-order valence-electron chi connectivity index (χ4n) is 1.66. The number of hydrogen-bond donors (Lipinski definition) is 1. The molecule has 0 spiro atoms. The maximum absolute atomic E-state index is 6.23. The van der Waals surface area contributed by atoms with E-state index < -0.39 is 0 Å². The molecule has 0 atom stereocenters. The Hall–Kier alpha value is -0.710. The molecule has 0 saturated carbocycles. The number of likely N-dealkylation sites (N-methyl/N-ethyl adjacent to an activating group) is 1. The molecule has 0 saturated heterocycles. The van der Waals surface area contributed by atoms with E-state index in [0.717, 1.165) is 31.9 Å². The van der Waals surface area contributed by atoms with Gasteiger partial charge in [-0.3, -0.25) is 0 Å². The molecule has 1 N–H and O–H groups in total. The molecule has 0 fully saturated rings. The standard InChI is InChI=1S/C13H21Cl2N3O/c1-4-6-16-12-10(14)9-11(15)13(17-12)18(5-2)7-8-19-3/h9H,4-8H2,1-3H3,(H,16,17). The van der Waals surface area contributed by atoms with Crippen LogP contribution in [0.15, 0.2) is 6.07 Å². The van der Waals surface area contributed by atoms with E-state index in [9.17, 15) is 0 Å². The van der Waals surface area contributed by atoms with Crippen molar-refractivity contribution in [2.45, 2.75) is 20.3 Å². The van der Waals surface area contributed by atoms with Crippen LogP contribution in [-0.2, 0) is 4.74 Å². The van der Waals surface area contributed by atoms with Gasteiger partial charge in [-0.05, 0) is 19.4 Å². The molecule has 1 aromatic rings. The van der Waals surface area contributed by atoms with Crippen molar-refractivity contribution >= 4 is 34.8 Å². The van der Waals surface area contributed by atoms with Gasteiger partial charge in [0.2, 0.25) is 0 Å². The summed E-state index contributed by atoms with van der Waals surface area (Å²) in [5.74, 6) is 1.42. The minimum absolute atomic E-state index is 0.546. The molecule has 19 heavy (non-hydrogen) atoms. The lowest BCUT2D eigenvalue weighted by Crippen LogP contribution is -2.28. The topological polar surface area (TPSA) is 37.4 Å². The minimum Gasteiger partial charge on any atom is -0.383 e. The maximum atomic E-state index is 6.23. The summed E-state index contributed by atoms with van der Waals surface area (Å²) in [4.78, 5) is 6.60. The normalized spacial score (nSPS) is 10.6. The Balaban J connectivity index is 2.97. The number of rotatable bonds is 8. The molecule has 108 valence electrons. The number of nitrogens with one attached hydrogen (secondary N) is 1. The third-order valence-corrected chi connectivity index (χ3v) is 3.27. The Morgan fingerprint density at radius 1 is 1.32 bits per heavy atom. The van der Waals surface area contributed by atoms with Crippen molar-refractivity contribution in [3.8, 4) is 0 Å². The predicted molar refractivity (Wildman–Crippen MR) is 82.8 cm³/mol. The highest BCUT2D eigenvalue weighted by Crippen LogP contribution is 2.31. The summed E-state index contributed by atoms with van der Waals surface area (Å²) < 4.78 is 5.10. The van der Waals surface area contributed by atoms with Crippen molar-refractivity contribution in [1.29, 1.82) is 0 Å². The lowest BCUT2D eigenvalue weighted by molar-refractivity contribution is 0.205. The van der Waals surface area contributed by atoms with Crippen LogP contribution in [0, 0.1) is 0 Å². The van der Waals surface area contributed by atoms with Gasteiger partial charge in [0, 0.05) is 26.7 Å². The first kappa shape index (κ1) is 16.3. The Bertz CT molecular complexity index is 402. The summed E-state index contributed by atoms with van der Waals surface area (Å²) >= 11 is 12.4. The summed E-state index contributed by atoms with van der Waals surface area (Å²) in [6.07, 6.45) is 1.01. The van der Waals surface area contributed by atoms with Crippen LogP contribution in [0.2, 0.25) is 10.0 Å². The number of nitrogens with zero attached hydrogens (tertiary/aromatic N) is 2. The van der Waals surface area contributed by atoms with E-state index in [2.05, 4.69) is 29.0 Å². The zero-order valence-corrected chi connectivity index (χ0v) is 13.2. The summed E-state index contributed by atoms with van der Waals surface area (Å²) in [6, 6.07) is 1.74. The van der Waals surface area contributed by atoms with E-state index in [1.165, 1.54) is 0 Å². The SMILES string of the molecule is CCCNc1nc(N(CC)CCOC)c(Cl)cc1Cl. The van der Waals surface area contributed by atoms with Crippen molar-refractivity contribution in [2.75, 3.05) is 43.6 Å². The molecule has 4 nitrogen and oxygen atoms in total. The molecule has 1 heterocycles. The monoisotopic (exact) mass is 305 g/mol. The first-order chi connectivity index (χ1) is 9.13. The molecular formula is C13H21Cl2N3O. The van der Waals surface area contributed by atoms with Gasteiger partial charge in [-0.1, -0.05) is 30.1 Å². The van der Waals surface area contributed by atoms with E-state index in [1.54, 1.807) is 13.2 Å². The van der Waals surface area contributed by atoms with Gasteiger partial charge in [-0.15, -0.1) is 0 Å². The molecule has 0 radical (unpaired) electrons. The number of aromatic nitrogens is 1. The fourth-order valence-corrected chi connectivity index (χ4v) is 2.21. The van der Waals surface area contributed by atoms with E-state index in [0.29, 0.717) is 22.5 Å². The third-order valence-electron chi connectivity index (χ3n) is 2.70. The summed E-state index contributed by atoms with van der Waals surface area (Å²) in [5, 5.41) is 4.31. The van der Waals surface area contributed by atoms with Gasteiger partial charge in [-0.2, -0.15) is 0 Å². The van der Waals surface area contributed by atoms with Gasteiger partial charge >= 0.3 is 0 Å². The van der Waals surface area contributed by atoms with Gasteiger partial charge < -0.3 is 15.0 Å². The van der Waals surface area contributed by atoms with Crippen LogP contribution in [0.1, 0.15) is 20.3 Å². The molecule has 0 bridgehead atoms. The fraction of sp³-hybridized carbons (Fsp3) is 0.615. The van der Waals surface area contributed by atoms with Crippen LogP contribution in [0.4, 0.5) is 11.6 Å². The van der Waals surface area contributed by atoms with Gasteiger partial charge in [-0.25, -0.2) is 4.98 Å². The van der Waals surface area contributed by atoms with E-state index in [-0.39, 0.29) is 0 Å². The van der Waals surface area contributed by atoms with Gasteiger partial charge in [0.05, 0.1) is 16.7 Å². The summed E-state index contributed by atoms with van der Waals surface area (Å²) in [7, 11) is 1.68. The Morgan fingerprint density at radius 3 is 2.63 bits per heavy atom. The van der Waals surface area contributed by atoms with E-state index in [1.807, 2.05) is 0 Å².